The lowest BCUT2D eigenvalue weighted by Gasteiger charge is -2.32. The average molecular weight is 477 g/mol. The van der Waals surface area contributed by atoms with Crippen LogP contribution in [-0.2, 0) is 9.53 Å². The number of aldehydes is 1. The van der Waals surface area contributed by atoms with Gasteiger partial charge in [-0.2, -0.15) is 0 Å². The normalized spacial score (nSPS) is 15.7. The van der Waals surface area contributed by atoms with Crippen molar-refractivity contribution >= 4 is 12.2 Å². The highest BCUT2D eigenvalue weighted by atomic mass is 19.1. The zero-order valence-electron chi connectivity index (χ0n) is 20.4. The van der Waals surface area contributed by atoms with Crippen molar-refractivity contribution in [1.82, 2.24) is 10.3 Å². The van der Waals surface area contributed by atoms with Crippen LogP contribution in [-0.4, -0.2) is 53.9 Å². The number of hydrogen-bond acceptors (Lipinski definition) is 7. The smallest absolute Gasteiger partial charge is 0.274 e. The molecule has 2 rings (SSSR count). The van der Waals surface area contributed by atoms with Crippen LogP contribution in [0.4, 0.5) is 4.39 Å². The molecule has 8 nitrogen and oxygen atoms in total. The summed E-state index contributed by atoms with van der Waals surface area (Å²) in [5.41, 5.74) is -0.600. The van der Waals surface area contributed by atoms with Gasteiger partial charge in [-0.1, -0.05) is 26.0 Å². The monoisotopic (exact) mass is 476 g/mol. The number of nitrogens with one attached hydrogen (secondary N) is 1. The molecule has 0 saturated carbocycles. The molecular formula is C25H33FN2O6. The summed E-state index contributed by atoms with van der Waals surface area (Å²) in [6.45, 7) is 8.75. The van der Waals surface area contributed by atoms with Crippen molar-refractivity contribution in [2.24, 2.45) is 5.92 Å². The SMILES string of the molecule is COc1ccnc(C(=O)N[C@](C)(C=O)COC(C)C(c2ccc(F)cc2)C(C)C)c1OC(C)O. The number of rotatable bonds is 12. The number of aliphatic hydroxyl groups excluding tert-OH is 1. The number of carbonyl (C=O) groups is 2. The van der Waals surface area contributed by atoms with Crippen LogP contribution in [0.25, 0.3) is 0 Å². The van der Waals surface area contributed by atoms with Crippen LogP contribution in [0, 0.1) is 11.7 Å². The number of ether oxygens (including phenoxy) is 3. The summed E-state index contributed by atoms with van der Waals surface area (Å²) in [5.74, 6) is -0.730. The molecule has 0 aliphatic heterocycles. The van der Waals surface area contributed by atoms with Crippen LogP contribution >= 0.6 is 0 Å². The lowest BCUT2D eigenvalue weighted by atomic mass is 9.84. The number of pyridine rings is 1. The van der Waals surface area contributed by atoms with Crippen molar-refractivity contribution in [3.8, 4) is 11.5 Å². The van der Waals surface area contributed by atoms with E-state index in [0.717, 1.165) is 5.56 Å². The molecule has 1 aromatic heterocycles. The second-order valence-corrected chi connectivity index (χ2v) is 8.74. The lowest BCUT2D eigenvalue weighted by molar-refractivity contribution is -0.116. The van der Waals surface area contributed by atoms with E-state index in [1.165, 1.54) is 45.4 Å². The Balaban J connectivity index is 2.18. The van der Waals surface area contributed by atoms with E-state index in [1.54, 1.807) is 12.1 Å². The van der Waals surface area contributed by atoms with Crippen LogP contribution in [0.2, 0.25) is 0 Å². The summed E-state index contributed by atoms with van der Waals surface area (Å²) in [5, 5.41) is 12.3. The van der Waals surface area contributed by atoms with Gasteiger partial charge < -0.3 is 29.4 Å². The highest BCUT2D eigenvalue weighted by molar-refractivity contribution is 5.97. The van der Waals surface area contributed by atoms with Crippen LogP contribution in [0.3, 0.4) is 0 Å². The van der Waals surface area contributed by atoms with Crippen LogP contribution in [0.1, 0.15) is 56.6 Å². The molecule has 1 heterocycles. The number of halogens is 1. The van der Waals surface area contributed by atoms with Gasteiger partial charge in [0.15, 0.2) is 23.5 Å². The molecule has 0 fully saturated rings. The fourth-order valence-corrected chi connectivity index (χ4v) is 3.75. The maximum absolute atomic E-state index is 13.4. The molecule has 0 aliphatic carbocycles. The topological polar surface area (TPSA) is 107 Å². The van der Waals surface area contributed by atoms with Crippen molar-refractivity contribution < 1.29 is 33.3 Å². The molecule has 0 aliphatic rings. The molecule has 0 spiro atoms. The molecule has 3 unspecified atom stereocenters. The number of aromatic nitrogens is 1. The molecular weight excluding hydrogens is 443 g/mol. The van der Waals surface area contributed by atoms with E-state index >= 15 is 0 Å². The van der Waals surface area contributed by atoms with Gasteiger partial charge in [-0.3, -0.25) is 4.79 Å². The largest absolute Gasteiger partial charge is 0.493 e. The molecule has 1 amide bonds. The van der Waals surface area contributed by atoms with Gasteiger partial charge in [0.1, 0.15) is 17.6 Å². The fraction of sp³-hybridized carbons (Fsp3) is 0.480. The minimum absolute atomic E-state index is 0.0452. The Bertz CT molecular complexity index is 966. The molecule has 9 heteroatoms. The number of benzene rings is 1. The first-order chi connectivity index (χ1) is 16.0. The summed E-state index contributed by atoms with van der Waals surface area (Å²) in [6.07, 6.45) is 0.404. The standard InChI is InChI=1S/C25H33FN2O6/c1-15(2)21(18-7-9-19(26)10-8-18)16(3)33-14-25(5,13-29)28-24(31)22-23(34-17(4)30)20(32-6)11-12-27-22/h7-13,15-17,21,30H,14H2,1-6H3,(H,28,31)/t16?,17?,21?,25-/m1/s1. The summed E-state index contributed by atoms with van der Waals surface area (Å²) in [7, 11) is 1.39. The predicted octanol–water partition coefficient (Wildman–Crippen LogP) is 3.48. The van der Waals surface area contributed by atoms with Gasteiger partial charge in [0.2, 0.25) is 0 Å². The molecule has 4 atom stereocenters. The molecule has 2 aromatic rings. The molecule has 0 bridgehead atoms. The zero-order chi connectivity index (χ0) is 25.5. The highest BCUT2D eigenvalue weighted by Gasteiger charge is 2.32. The Morgan fingerprint density at radius 3 is 2.38 bits per heavy atom. The minimum atomic E-state index is -1.37. The first kappa shape index (κ1) is 27.2. The van der Waals surface area contributed by atoms with Gasteiger partial charge in [-0.05, 0) is 44.4 Å². The van der Waals surface area contributed by atoms with E-state index in [9.17, 15) is 19.1 Å². The van der Waals surface area contributed by atoms with E-state index < -0.39 is 17.7 Å². The predicted molar refractivity (Wildman–Crippen MR) is 124 cm³/mol. The average Bonchev–Trinajstić information content (AvgIpc) is 2.78. The Morgan fingerprint density at radius 2 is 1.85 bits per heavy atom. The van der Waals surface area contributed by atoms with Crippen molar-refractivity contribution in [3.05, 3.63) is 53.6 Å². The van der Waals surface area contributed by atoms with Crippen molar-refractivity contribution in [2.75, 3.05) is 13.7 Å². The number of aliphatic hydroxyl groups is 1. The van der Waals surface area contributed by atoms with Gasteiger partial charge in [-0.15, -0.1) is 0 Å². The van der Waals surface area contributed by atoms with Gasteiger partial charge in [-0.25, -0.2) is 9.37 Å². The Morgan fingerprint density at radius 1 is 1.21 bits per heavy atom. The van der Waals surface area contributed by atoms with E-state index in [2.05, 4.69) is 10.3 Å². The summed E-state index contributed by atoms with van der Waals surface area (Å²) in [4.78, 5) is 29.0. The summed E-state index contributed by atoms with van der Waals surface area (Å²) >= 11 is 0. The summed E-state index contributed by atoms with van der Waals surface area (Å²) < 4.78 is 29.9. The number of nitrogens with zero attached hydrogens (tertiary/aromatic N) is 1. The first-order valence-corrected chi connectivity index (χ1v) is 11.0. The Labute approximate surface area is 199 Å². The van der Waals surface area contributed by atoms with Crippen LogP contribution in [0.5, 0.6) is 11.5 Å². The highest BCUT2D eigenvalue weighted by Crippen LogP contribution is 2.32. The van der Waals surface area contributed by atoms with E-state index in [4.69, 9.17) is 14.2 Å². The van der Waals surface area contributed by atoms with Crippen LogP contribution in [0.15, 0.2) is 36.5 Å². The van der Waals surface area contributed by atoms with Gasteiger partial charge in [0.05, 0.1) is 19.8 Å². The zero-order valence-corrected chi connectivity index (χ0v) is 20.4. The molecule has 34 heavy (non-hydrogen) atoms. The van der Waals surface area contributed by atoms with Crippen molar-refractivity contribution in [3.63, 3.8) is 0 Å². The third-order valence-electron chi connectivity index (χ3n) is 5.38. The molecule has 1 aromatic carbocycles. The maximum atomic E-state index is 13.4. The lowest BCUT2D eigenvalue weighted by Crippen LogP contribution is -2.52. The fourth-order valence-electron chi connectivity index (χ4n) is 3.75. The third kappa shape index (κ3) is 6.98. The molecule has 0 saturated heterocycles. The van der Waals surface area contributed by atoms with E-state index in [1.807, 2.05) is 20.8 Å². The van der Waals surface area contributed by atoms with Crippen LogP contribution < -0.4 is 14.8 Å². The van der Waals surface area contributed by atoms with Gasteiger partial charge in [0, 0.05) is 18.2 Å². The summed E-state index contributed by atoms with van der Waals surface area (Å²) in [6, 6.07) is 7.74. The van der Waals surface area contributed by atoms with Gasteiger partial charge in [0.25, 0.3) is 5.91 Å². The number of amides is 1. The van der Waals surface area contributed by atoms with E-state index in [0.29, 0.717) is 6.29 Å². The Kier molecular flexibility index (Phi) is 9.52. The van der Waals surface area contributed by atoms with Gasteiger partial charge >= 0.3 is 0 Å². The first-order valence-electron chi connectivity index (χ1n) is 11.0. The quantitative estimate of drug-likeness (QED) is 0.357. The third-order valence-corrected chi connectivity index (χ3v) is 5.38. The Hall–Kier alpha value is -3.04. The molecule has 2 N–H and O–H groups in total. The van der Waals surface area contributed by atoms with E-state index in [-0.39, 0.29) is 47.6 Å². The molecule has 0 radical (unpaired) electrons. The number of hydrogen-bond donors (Lipinski definition) is 2. The second-order valence-electron chi connectivity index (χ2n) is 8.74. The maximum Gasteiger partial charge on any atom is 0.274 e. The number of methoxy groups -OCH3 is 1. The minimum Gasteiger partial charge on any atom is -0.493 e. The molecule has 186 valence electrons. The van der Waals surface area contributed by atoms with Crippen molar-refractivity contribution in [1.29, 1.82) is 0 Å². The van der Waals surface area contributed by atoms with Crippen molar-refractivity contribution in [2.45, 2.75) is 58.5 Å². The number of carbonyl (C=O) groups excluding carboxylic acids is 2. The second kappa shape index (κ2) is 11.9.